The van der Waals surface area contributed by atoms with Crippen molar-refractivity contribution >= 4 is 23.3 Å². The van der Waals surface area contributed by atoms with Gasteiger partial charge in [0.25, 0.3) is 5.91 Å². The van der Waals surface area contributed by atoms with Gasteiger partial charge >= 0.3 is 0 Å². The van der Waals surface area contributed by atoms with Crippen LogP contribution in [0.2, 0.25) is 0 Å². The first kappa shape index (κ1) is 13.1. The molecule has 0 N–H and O–H groups in total. The molecule has 0 bridgehead atoms. The lowest BCUT2D eigenvalue weighted by atomic mass is 10.1. The fourth-order valence-electron chi connectivity index (χ4n) is 2.29. The summed E-state index contributed by atoms with van der Waals surface area (Å²) in [5, 5.41) is 0. The molecule has 1 aromatic heterocycles. The molecule has 2 heterocycles. The van der Waals surface area contributed by atoms with E-state index in [2.05, 4.69) is 0 Å². The zero-order chi connectivity index (χ0) is 13.1. The van der Waals surface area contributed by atoms with Gasteiger partial charge in [-0.15, -0.1) is 11.6 Å². The largest absolute Gasteiger partial charge is 0.348 e. The van der Waals surface area contributed by atoms with E-state index in [1.165, 1.54) is 0 Å². The van der Waals surface area contributed by atoms with Gasteiger partial charge in [0, 0.05) is 38.6 Å². The van der Waals surface area contributed by atoms with Crippen LogP contribution in [0.4, 0.5) is 0 Å². The Morgan fingerprint density at radius 3 is 2.83 bits per heavy atom. The van der Waals surface area contributed by atoms with E-state index in [-0.39, 0.29) is 11.7 Å². The van der Waals surface area contributed by atoms with E-state index in [0.717, 1.165) is 12.8 Å². The molecule has 18 heavy (non-hydrogen) atoms. The fraction of sp³-hybridized carbons (Fsp3) is 0.538. The quantitative estimate of drug-likeness (QED) is 0.620. The van der Waals surface area contributed by atoms with Crippen molar-refractivity contribution in [1.29, 1.82) is 0 Å². The van der Waals surface area contributed by atoms with Gasteiger partial charge in [-0.3, -0.25) is 9.59 Å². The highest BCUT2D eigenvalue weighted by atomic mass is 35.5. The molecule has 98 valence electrons. The molecule has 0 aliphatic carbocycles. The summed E-state index contributed by atoms with van der Waals surface area (Å²) in [6.45, 7) is 1.18. The standard InChI is InChI=1S/C13H17ClN2O2/c1-15-8-4-10-12(15)11(17)5-9-16(13(10)18)7-3-2-6-14/h4,8H,2-3,5-7,9H2,1H3. The zero-order valence-electron chi connectivity index (χ0n) is 10.5. The molecule has 1 amide bonds. The predicted molar refractivity (Wildman–Crippen MR) is 70.2 cm³/mol. The van der Waals surface area contributed by atoms with Crippen LogP contribution in [0.15, 0.2) is 12.3 Å². The van der Waals surface area contributed by atoms with E-state index in [9.17, 15) is 9.59 Å². The smallest absolute Gasteiger partial charge is 0.256 e. The maximum atomic E-state index is 12.3. The monoisotopic (exact) mass is 268 g/mol. The second-order valence-corrected chi connectivity index (χ2v) is 4.93. The number of unbranched alkanes of at least 4 members (excludes halogenated alkanes) is 1. The van der Waals surface area contributed by atoms with Crippen LogP contribution in [-0.2, 0) is 7.05 Å². The molecular weight excluding hydrogens is 252 g/mol. The van der Waals surface area contributed by atoms with Crippen LogP contribution in [0.25, 0.3) is 0 Å². The topological polar surface area (TPSA) is 42.3 Å². The summed E-state index contributed by atoms with van der Waals surface area (Å²) in [5.74, 6) is 0.620. The average molecular weight is 269 g/mol. The van der Waals surface area contributed by atoms with E-state index in [1.54, 1.807) is 28.8 Å². The summed E-state index contributed by atoms with van der Waals surface area (Å²) in [6.07, 6.45) is 3.94. The van der Waals surface area contributed by atoms with Crippen LogP contribution in [0.1, 0.15) is 40.1 Å². The van der Waals surface area contributed by atoms with Crippen LogP contribution in [0.5, 0.6) is 0 Å². The van der Waals surface area contributed by atoms with E-state index in [4.69, 9.17) is 11.6 Å². The number of rotatable bonds is 4. The Balaban J connectivity index is 2.19. The van der Waals surface area contributed by atoms with Crippen molar-refractivity contribution in [2.24, 2.45) is 7.05 Å². The van der Waals surface area contributed by atoms with Gasteiger partial charge in [0.15, 0.2) is 5.78 Å². The van der Waals surface area contributed by atoms with E-state index in [0.29, 0.717) is 36.6 Å². The Hall–Kier alpha value is -1.29. The summed E-state index contributed by atoms with van der Waals surface area (Å²) in [4.78, 5) is 26.1. The van der Waals surface area contributed by atoms with Crippen molar-refractivity contribution in [1.82, 2.24) is 9.47 Å². The van der Waals surface area contributed by atoms with Crippen LogP contribution >= 0.6 is 11.6 Å². The van der Waals surface area contributed by atoms with E-state index in [1.807, 2.05) is 0 Å². The number of aryl methyl sites for hydroxylation is 1. The van der Waals surface area contributed by atoms with Gasteiger partial charge in [0.05, 0.1) is 11.3 Å². The molecule has 0 aromatic carbocycles. The number of carbonyl (C=O) groups excluding carboxylic acids is 2. The molecule has 0 atom stereocenters. The number of hydrogen-bond acceptors (Lipinski definition) is 2. The molecule has 2 rings (SSSR count). The number of nitrogens with zero attached hydrogens (tertiary/aromatic N) is 2. The van der Waals surface area contributed by atoms with Crippen LogP contribution in [0.3, 0.4) is 0 Å². The van der Waals surface area contributed by atoms with Crippen LogP contribution in [0, 0.1) is 0 Å². The Morgan fingerprint density at radius 1 is 1.33 bits per heavy atom. The predicted octanol–water partition coefficient (Wildman–Crippen LogP) is 2.07. The van der Waals surface area contributed by atoms with Crippen LogP contribution in [-0.4, -0.2) is 40.1 Å². The van der Waals surface area contributed by atoms with Crippen molar-refractivity contribution in [3.05, 3.63) is 23.5 Å². The van der Waals surface area contributed by atoms with Gasteiger partial charge in [-0.1, -0.05) is 0 Å². The van der Waals surface area contributed by atoms with Crippen LogP contribution < -0.4 is 0 Å². The Kier molecular flexibility index (Phi) is 4.07. The average Bonchev–Trinajstić information content (AvgIpc) is 2.69. The number of amides is 1. The zero-order valence-corrected chi connectivity index (χ0v) is 11.2. The molecule has 5 heteroatoms. The second-order valence-electron chi connectivity index (χ2n) is 4.55. The van der Waals surface area contributed by atoms with Crippen molar-refractivity contribution < 1.29 is 9.59 Å². The fourth-order valence-corrected chi connectivity index (χ4v) is 2.48. The van der Waals surface area contributed by atoms with E-state index < -0.39 is 0 Å². The number of fused-ring (bicyclic) bond motifs is 1. The lowest BCUT2D eigenvalue weighted by Gasteiger charge is -2.19. The second kappa shape index (κ2) is 5.57. The molecule has 0 radical (unpaired) electrons. The first-order chi connectivity index (χ1) is 8.65. The lowest BCUT2D eigenvalue weighted by molar-refractivity contribution is 0.0756. The molecule has 0 saturated heterocycles. The molecule has 0 unspecified atom stereocenters. The van der Waals surface area contributed by atoms with Gasteiger partial charge in [0.2, 0.25) is 0 Å². The molecular formula is C13H17ClN2O2. The minimum atomic E-state index is -0.0361. The third-order valence-electron chi connectivity index (χ3n) is 3.27. The minimum Gasteiger partial charge on any atom is -0.348 e. The molecule has 1 aliphatic heterocycles. The molecule has 4 nitrogen and oxygen atoms in total. The number of Topliss-reactive ketones (excluding diaryl/α,β-unsaturated/α-hetero) is 1. The lowest BCUT2D eigenvalue weighted by Crippen LogP contribution is -2.31. The molecule has 1 aromatic rings. The first-order valence-electron chi connectivity index (χ1n) is 6.19. The molecule has 1 aliphatic rings. The number of halogens is 1. The Morgan fingerprint density at radius 2 is 2.11 bits per heavy atom. The maximum absolute atomic E-state index is 12.3. The van der Waals surface area contributed by atoms with Gasteiger partial charge < -0.3 is 9.47 Å². The maximum Gasteiger partial charge on any atom is 0.256 e. The highest BCUT2D eigenvalue weighted by molar-refractivity contribution is 6.17. The number of aromatic nitrogens is 1. The molecule has 0 spiro atoms. The van der Waals surface area contributed by atoms with Gasteiger partial charge in [-0.05, 0) is 18.9 Å². The summed E-state index contributed by atoms with van der Waals surface area (Å²) in [7, 11) is 1.80. The first-order valence-corrected chi connectivity index (χ1v) is 6.72. The number of alkyl halides is 1. The van der Waals surface area contributed by atoms with Crippen molar-refractivity contribution in [2.75, 3.05) is 19.0 Å². The number of carbonyl (C=O) groups is 2. The van der Waals surface area contributed by atoms with Gasteiger partial charge in [-0.2, -0.15) is 0 Å². The van der Waals surface area contributed by atoms with Gasteiger partial charge in [-0.25, -0.2) is 0 Å². The highest BCUT2D eigenvalue weighted by Gasteiger charge is 2.28. The van der Waals surface area contributed by atoms with Crippen molar-refractivity contribution in [3.63, 3.8) is 0 Å². The SMILES string of the molecule is Cn1ccc2c1C(=O)CCN(CCCCCl)C2=O. The Labute approximate surface area is 112 Å². The molecule has 0 saturated carbocycles. The Bertz CT molecular complexity index is 468. The van der Waals surface area contributed by atoms with Crippen molar-refractivity contribution in [2.45, 2.75) is 19.3 Å². The normalized spacial score (nSPS) is 15.8. The summed E-state index contributed by atoms with van der Waals surface area (Å²) in [5.41, 5.74) is 1.07. The van der Waals surface area contributed by atoms with Gasteiger partial charge in [0.1, 0.15) is 0 Å². The third-order valence-corrected chi connectivity index (χ3v) is 3.54. The number of hydrogen-bond donors (Lipinski definition) is 0. The summed E-state index contributed by atoms with van der Waals surface area (Å²) in [6, 6.07) is 1.73. The van der Waals surface area contributed by atoms with Crippen molar-refractivity contribution in [3.8, 4) is 0 Å². The summed E-state index contributed by atoms with van der Waals surface area (Å²) >= 11 is 5.63. The minimum absolute atomic E-state index is 0.0361. The summed E-state index contributed by atoms with van der Waals surface area (Å²) < 4.78 is 1.73. The third kappa shape index (κ3) is 2.43. The van der Waals surface area contributed by atoms with E-state index >= 15 is 0 Å². The number of ketones is 1. The molecule has 0 fully saturated rings. The highest BCUT2D eigenvalue weighted by Crippen LogP contribution is 2.19.